The van der Waals surface area contributed by atoms with Crippen molar-refractivity contribution in [3.63, 3.8) is 0 Å². The number of primary amides is 1. The standard InChI is InChI=1S/C21H23N5OS/c22-20(27)18-15-6-7-17-16(19(15)28-21(18)23)12-26(24-17)14-8-9-25(11-14)10-13-4-2-1-3-5-13/h1-5,12,14H,6-11,23H2,(H2,22,27). The van der Waals surface area contributed by atoms with E-state index >= 15 is 0 Å². The van der Waals surface area contributed by atoms with Gasteiger partial charge in [-0.1, -0.05) is 30.3 Å². The van der Waals surface area contributed by atoms with Gasteiger partial charge < -0.3 is 11.5 Å². The van der Waals surface area contributed by atoms with Gasteiger partial charge in [0.05, 0.1) is 22.3 Å². The number of benzene rings is 1. The topological polar surface area (TPSA) is 90.2 Å². The predicted octanol–water partition coefficient (Wildman–Crippen LogP) is 2.84. The molecule has 144 valence electrons. The molecule has 1 unspecified atom stereocenters. The van der Waals surface area contributed by atoms with Crippen LogP contribution in [0.1, 0.15) is 39.6 Å². The fourth-order valence-electron chi connectivity index (χ4n) is 4.46. The maximum Gasteiger partial charge on any atom is 0.251 e. The number of anilines is 1. The summed E-state index contributed by atoms with van der Waals surface area (Å²) in [4.78, 5) is 15.3. The molecular weight excluding hydrogens is 370 g/mol. The molecule has 4 N–H and O–H groups in total. The Morgan fingerprint density at radius 3 is 2.86 bits per heavy atom. The summed E-state index contributed by atoms with van der Waals surface area (Å²) < 4.78 is 2.13. The summed E-state index contributed by atoms with van der Waals surface area (Å²) in [6.07, 6.45) is 4.84. The predicted molar refractivity (Wildman–Crippen MR) is 111 cm³/mol. The second kappa shape index (κ2) is 6.76. The van der Waals surface area contributed by atoms with Crippen molar-refractivity contribution in [3.05, 3.63) is 58.9 Å². The van der Waals surface area contributed by atoms with Crippen LogP contribution in [0.4, 0.5) is 5.00 Å². The number of nitrogens with two attached hydrogens (primary N) is 2. The fraction of sp³-hybridized carbons (Fsp3) is 0.333. The molecule has 28 heavy (non-hydrogen) atoms. The highest BCUT2D eigenvalue weighted by Crippen LogP contribution is 2.44. The number of amides is 1. The molecule has 3 heterocycles. The summed E-state index contributed by atoms with van der Waals surface area (Å²) in [6.45, 7) is 3.06. The lowest BCUT2D eigenvalue weighted by molar-refractivity contribution is 0.100. The Balaban J connectivity index is 1.38. The van der Waals surface area contributed by atoms with Gasteiger partial charge in [-0.2, -0.15) is 5.10 Å². The van der Waals surface area contributed by atoms with Crippen LogP contribution >= 0.6 is 11.3 Å². The van der Waals surface area contributed by atoms with Crippen LogP contribution in [0.15, 0.2) is 36.5 Å². The van der Waals surface area contributed by atoms with E-state index in [2.05, 4.69) is 46.1 Å². The molecule has 7 heteroatoms. The van der Waals surface area contributed by atoms with E-state index in [1.54, 1.807) is 0 Å². The highest BCUT2D eigenvalue weighted by atomic mass is 32.1. The van der Waals surface area contributed by atoms with Crippen molar-refractivity contribution in [2.24, 2.45) is 5.73 Å². The highest BCUT2D eigenvalue weighted by Gasteiger charge is 2.30. The maximum atomic E-state index is 11.8. The number of thiophene rings is 1. The summed E-state index contributed by atoms with van der Waals surface area (Å²) in [5, 5.41) is 5.42. The molecule has 3 aromatic rings. The molecule has 1 aromatic carbocycles. The first-order chi connectivity index (χ1) is 13.6. The molecule has 0 radical (unpaired) electrons. The molecule has 6 nitrogen and oxygen atoms in total. The average Bonchev–Trinajstić information content (AvgIpc) is 3.37. The SMILES string of the molecule is NC(=O)c1c(N)sc2c1CCc1nn(C3CCN(Cc4ccccc4)C3)cc1-2. The van der Waals surface area contributed by atoms with Crippen LogP contribution in [0.2, 0.25) is 0 Å². The van der Waals surface area contributed by atoms with E-state index in [-0.39, 0.29) is 0 Å². The van der Waals surface area contributed by atoms with Crippen LogP contribution in [0.25, 0.3) is 10.4 Å². The number of fused-ring (bicyclic) bond motifs is 3. The molecule has 1 saturated heterocycles. The van der Waals surface area contributed by atoms with E-state index in [0.29, 0.717) is 16.6 Å². The Labute approximate surface area is 167 Å². The number of aromatic nitrogens is 2. The summed E-state index contributed by atoms with van der Waals surface area (Å²) in [7, 11) is 0. The van der Waals surface area contributed by atoms with Gasteiger partial charge in [0.2, 0.25) is 0 Å². The van der Waals surface area contributed by atoms with Crippen molar-refractivity contribution in [2.45, 2.75) is 31.8 Å². The molecule has 2 aliphatic rings. The van der Waals surface area contributed by atoms with Crippen LogP contribution in [-0.2, 0) is 19.4 Å². The normalized spacial score (nSPS) is 18.8. The molecule has 0 saturated carbocycles. The van der Waals surface area contributed by atoms with Crippen molar-refractivity contribution in [1.82, 2.24) is 14.7 Å². The van der Waals surface area contributed by atoms with Crippen LogP contribution in [0.3, 0.4) is 0 Å². The first-order valence-electron chi connectivity index (χ1n) is 9.65. The number of aryl methyl sites for hydroxylation is 1. The third-order valence-electron chi connectivity index (χ3n) is 5.82. The molecule has 1 fully saturated rings. The lowest BCUT2D eigenvalue weighted by Gasteiger charge is -2.16. The zero-order chi connectivity index (χ0) is 19.3. The number of nitrogen functional groups attached to an aromatic ring is 1. The quantitative estimate of drug-likeness (QED) is 0.713. The van der Waals surface area contributed by atoms with Gasteiger partial charge in [0.25, 0.3) is 5.91 Å². The van der Waals surface area contributed by atoms with E-state index in [1.165, 1.54) is 16.9 Å². The van der Waals surface area contributed by atoms with Crippen LogP contribution in [-0.4, -0.2) is 33.7 Å². The van der Waals surface area contributed by atoms with Crippen molar-refractivity contribution in [3.8, 4) is 10.4 Å². The Morgan fingerprint density at radius 1 is 1.25 bits per heavy atom. The number of hydrogen-bond donors (Lipinski definition) is 2. The van der Waals surface area contributed by atoms with Gasteiger partial charge in [0.1, 0.15) is 0 Å². The van der Waals surface area contributed by atoms with E-state index in [4.69, 9.17) is 16.6 Å². The third-order valence-corrected chi connectivity index (χ3v) is 6.91. The first-order valence-corrected chi connectivity index (χ1v) is 10.5. The number of likely N-dealkylation sites (tertiary alicyclic amines) is 1. The minimum atomic E-state index is -0.432. The molecule has 1 aliphatic carbocycles. The fourth-order valence-corrected chi connectivity index (χ4v) is 5.61. The zero-order valence-electron chi connectivity index (χ0n) is 15.6. The van der Waals surface area contributed by atoms with Crippen LogP contribution in [0, 0.1) is 0 Å². The number of hydrogen-bond acceptors (Lipinski definition) is 5. The van der Waals surface area contributed by atoms with Crippen molar-refractivity contribution >= 4 is 22.2 Å². The first kappa shape index (κ1) is 17.5. The Morgan fingerprint density at radius 2 is 2.07 bits per heavy atom. The summed E-state index contributed by atoms with van der Waals surface area (Å²) in [6, 6.07) is 11.0. The smallest absolute Gasteiger partial charge is 0.251 e. The van der Waals surface area contributed by atoms with Gasteiger partial charge in [-0.05, 0) is 30.4 Å². The Hall–Kier alpha value is -2.64. The maximum absolute atomic E-state index is 11.8. The highest BCUT2D eigenvalue weighted by molar-refractivity contribution is 7.20. The molecule has 1 aliphatic heterocycles. The molecule has 1 amide bonds. The second-order valence-electron chi connectivity index (χ2n) is 7.65. The zero-order valence-corrected chi connectivity index (χ0v) is 16.4. The number of nitrogens with zero attached hydrogens (tertiary/aromatic N) is 3. The van der Waals surface area contributed by atoms with Gasteiger partial charge in [-0.25, -0.2) is 0 Å². The largest absolute Gasteiger partial charge is 0.390 e. The molecule has 0 bridgehead atoms. The Kier molecular flexibility index (Phi) is 4.21. The summed E-state index contributed by atoms with van der Waals surface area (Å²) >= 11 is 1.46. The average molecular weight is 394 g/mol. The second-order valence-corrected chi connectivity index (χ2v) is 8.70. The van der Waals surface area contributed by atoms with Gasteiger partial charge in [-0.3, -0.25) is 14.4 Å². The van der Waals surface area contributed by atoms with E-state index in [0.717, 1.165) is 60.6 Å². The number of rotatable bonds is 4. The van der Waals surface area contributed by atoms with Gasteiger partial charge in [-0.15, -0.1) is 11.3 Å². The van der Waals surface area contributed by atoms with Crippen LogP contribution < -0.4 is 11.5 Å². The van der Waals surface area contributed by atoms with Crippen molar-refractivity contribution in [1.29, 1.82) is 0 Å². The van der Waals surface area contributed by atoms with E-state index in [9.17, 15) is 4.79 Å². The summed E-state index contributed by atoms with van der Waals surface area (Å²) in [5.41, 5.74) is 16.7. The van der Waals surface area contributed by atoms with Crippen molar-refractivity contribution in [2.75, 3.05) is 18.8 Å². The minimum Gasteiger partial charge on any atom is -0.390 e. The lowest BCUT2D eigenvalue weighted by Crippen LogP contribution is -2.21. The Bertz CT molecular complexity index is 1040. The van der Waals surface area contributed by atoms with Crippen LogP contribution in [0.5, 0.6) is 0 Å². The van der Waals surface area contributed by atoms with E-state index < -0.39 is 5.91 Å². The van der Waals surface area contributed by atoms with Gasteiger partial charge >= 0.3 is 0 Å². The van der Waals surface area contributed by atoms with Gasteiger partial charge in [0.15, 0.2) is 0 Å². The molecular formula is C21H23N5OS. The molecule has 1 atom stereocenters. The van der Waals surface area contributed by atoms with Gasteiger partial charge in [0, 0.05) is 36.3 Å². The number of carbonyl (C=O) groups excluding carboxylic acids is 1. The van der Waals surface area contributed by atoms with Crippen molar-refractivity contribution < 1.29 is 4.79 Å². The molecule has 5 rings (SSSR count). The van der Waals surface area contributed by atoms with E-state index in [1.807, 2.05) is 0 Å². The monoisotopic (exact) mass is 393 g/mol. The molecule has 2 aromatic heterocycles. The molecule has 0 spiro atoms. The lowest BCUT2D eigenvalue weighted by atomic mass is 9.94. The number of carbonyl (C=O) groups is 1. The third kappa shape index (κ3) is 2.91. The summed E-state index contributed by atoms with van der Waals surface area (Å²) in [5.74, 6) is -0.432. The minimum absolute atomic E-state index is 0.380.